The summed E-state index contributed by atoms with van der Waals surface area (Å²) in [6.07, 6.45) is 0.525. The first-order valence-corrected chi connectivity index (χ1v) is 10.3. The van der Waals surface area contributed by atoms with Gasteiger partial charge in [0.2, 0.25) is 11.8 Å². The number of methoxy groups -OCH3 is 1. The van der Waals surface area contributed by atoms with Crippen LogP contribution in [0.15, 0.2) is 24.3 Å². The molecule has 6 nitrogen and oxygen atoms in total. The smallest absolute Gasteiger partial charge is 0.225 e. The third kappa shape index (κ3) is 4.49. The Labute approximate surface area is 168 Å². The number of ether oxygens (including phenoxy) is 1. The number of benzene rings is 1. The molecule has 0 N–H and O–H groups in total. The molecule has 0 radical (unpaired) electrons. The Morgan fingerprint density at radius 1 is 1.21 bits per heavy atom. The third-order valence-corrected chi connectivity index (χ3v) is 5.90. The maximum absolute atomic E-state index is 12.8. The number of carbonyl (C=O) groups is 2. The molecule has 2 saturated heterocycles. The van der Waals surface area contributed by atoms with Crippen molar-refractivity contribution in [3.8, 4) is 5.75 Å². The van der Waals surface area contributed by atoms with Crippen LogP contribution in [0.1, 0.15) is 32.8 Å². The molecule has 6 heteroatoms. The number of rotatable bonds is 5. The highest BCUT2D eigenvalue weighted by molar-refractivity contribution is 5.81. The van der Waals surface area contributed by atoms with Crippen molar-refractivity contribution in [2.24, 2.45) is 11.3 Å². The third-order valence-electron chi connectivity index (χ3n) is 5.90. The van der Waals surface area contributed by atoms with E-state index in [1.54, 1.807) is 7.11 Å². The topological polar surface area (TPSA) is 53.1 Å². The predicted octanol–water partition coefficient (Wildman–Crippen LogP) is 2.23. The molecule has 0 bridgehead atoms. The number of likely N-dealkylation sites (tertiary alicyclic amines) is 1. The van der Waals surface area contributed by atoms with Crippen molar-refractivity contribution in [2.75, 3.05) is 46.4 Å². The van der Waals surface area contributed by atoms with Crippen molar-refractivity contribution in [1.82, 2.24) is 14.7 Å². The van der Waals surface area contributed by atoms with Crippen LogP contribution in [-0.2, 0) is 16.1 Å². The lowest BCUT2D eigenvalue weighted by atomic mass is 9.85. The normalized spacial score (nSPS) is 23.5. The van der Waals surface area contributed by atoms with Gasteiger partial charge in [-0.15, -0.1) is 0 Å². The lowest BCUT2D eigenvalue weighted by Gasteiger charge is -2.34. The monoisotopic (exact) mass is 387 g/mol. The zero-order valence-electron chi connectivity index (χ0n) is 17.6. The Kier molecular flexibility index (Phi) is 6.28. The highest BCUT2D eigenvalue weighted by atomic mass is 16.5. The zero-order valence-corrected chi connectivity index (χ0v) is 17.6. The van der Waals surface area contributed by atoms with E-state index in [0.717, 1.165) is 38.5 Å². The highest BCUT2D eigenvalue weighted by Gasteiger charge is 2.46. The lowest BCUT2D eigenvalue weighted by Crippen LogP contribution is -2.45. The predicted molar refractivity (Wildman–Crippen MR) is 109 cm³/mol. The Bertz CT molecular complexity index is 721. The van der Waals surface area contributed by atoms with Crippen LogP contribution in [0.4, 0.5) is 0 Å². The lowest BCUT2D eigenvalue weighted by molar-refractivity contribution is -0.135. The molecule has 1 spiro atoms. The van der Waals surface area contributed by atoms with Crippen LogP contribution in [0, 0.1) is 11.3 Å². The SMILES string of the molecule is CCN1CC2(CC1=O)CN(Cc1cccc(OC)c1)CCN(C(=O)C(C)C)C2. The molecule has 2 fully saturated rings. The van der Waals surface area contributed by atoms with Gasteiger partial charge in [0.15, 0.2) is 0 Å². The second-order valence-electron chi connectivity index (χ2n) is 8.56. The summed E-state index contributed by atoms with van der Waals surface area (Å²) >= 11 is 0. The quantitative estimate of drug-likeness (QED) is 0.778. The van der Waals surface area contributed by atoms with Crippen LogP contribution in [0.3, 0.4) is 0 Å². The average molecular weight is 388 g/mol. The van der Waals surface area contributed by atoms with Gasteiger partial charge in [-0.2, -0.15) is 0 Å². The summed E-state index contributed by atoms with van der Waals surface area (Å²) in [5.74, 6) is 1.22. The zero-order chi connectivity index (χ0) is 20.3. The van der Waals surface area contributed by atoms with E-state index in [1.807, 2.05) is 42.7 Å². The first kappa shape index (κ1) is 20.6. The van der Waals surface area contributed by atoms with Gasteiger partial charge in [-0.05, 0) is 24.6 Å². The van der Waals surface area contributed by atoms with E-state index in [-0.39, 0.29) is 23.1 Å². The van der Waals surface area contributed by atoms with Crippen molar-refractivity contribution >= 4 is 11.8 Å². The van der Waals surface area contributed by atoms with Gasteiger partial charge in [0.05, 0.1) is 7.11 Å². The van der Waals surface area contributed by atoms with Crippen LogP contribution < -0.4 is 4.74 Å². The number of amides is 2. The molecule has 2 heterocycles. The van der Waals surface area contributed by atoms with Gasteiger partial charge in [0, 0.05) is 63.6 Å². The number of hydrogen-bond donors (Lipinski definition) is 0. The van der Waals surface area contributed by atoms with Crippen LogP contribution >= 0.6 is 0 Å². The van der Waals surface area contributed by atoms with Crippen molar-refractivity contribution in [2.45, 2.75) is 33.7 Å². The van der Waals surface area contributed by atoms with Crippen LogP contribution in [0.2, 0.25) is 0 Å². The highest BCUT2D eigenvalue weighted by Crippen LogP contribution is 2.36. The van der Waals surface area contributed by atoms with Gasteiger partial charge in [-0.3, -0.25) is 14.5 Å². The van der Waals surface area contributed by atoms with E-state index in [1.165, 1.54) is 5.56 Å². The molecule has 1 aromatic rings. The molecule has 0 aromatic heterocycles. The molecule has 154 valence electrons. The molecule has 2 amide bonds. The second-order valence-corrected chi connectivity index (χ2v) is 8.56. The van der Waals surface area contributed by atoms with Crippen LogP contribution in [0.25, 0.3) is 0 Å². The minimum absolute atomic E-state index is 0.0265. The van der Waals surface area contributed by atoms with Gasteiger partial charge in [0.25, 0.3) is 0 Å². The van der Waals surface area contributed by atoms with Gasteiger partial charge in [-0.25, -0.2) is 0 Å². The van der Waals surface area contributed by atoms with E-state index in [2.05, 4.69) is 17.0 Å². The second kappa shape index (κ2) is 8.52. The molecule has 2 aliphatic rings. The summed E-state index contributed by atoms with van der Waals surface area (Å²) in [6, 6.07) is 8.13. The molecular formula is C22H33N3O3. The fourth-order valence-electron chi connectivity index (χ4n) is 4.55. The summed E-state index contributed by atoms with van der Waals surface area (Å²) in [7, 11) is 1.68. The Hall–Kier alpha value is -2.08. The first-order valence-electron chi connectivity index (χ1n) is 10.3. The van der Waals surface area contributed by atoms with Crippen LogP contribution in [0.5, 0.6) is 5.75 Å². The van der Waals surface area contributed by atoms with E-state index < -0.39 is 0 Å². The summed E-state index contributed by atoms with van der Waals surface area (Å²) in [5.41, 5.74) is 1.00. The summed E-state index contributed by atoms with van der Waals surface area (Å²) in [6.45, 7) is 11.2. The first-order chi connectivity index (χ1) is 13.4. The fourth-order valence-corrected chi connectivity index (χ4v) is 4.55. The minimum atomic E-state index is -0.187. The Morgan fingerprint density at radius 2 is 2.00 bits per heavy atom. The molecule has 1 unspecified atom stereocenters. The number of carbonyl (C=O) groups excluding carboxylic acids is 2. The van der Waals surface area contributed by atoms with Crippen LogP contribution in [-0.4, -0.2) is 72.9 Å². The molecule has 28 heavy (non-hydrogen) atoms. The molecule has 2 aliphatic heterocycles. The number of hydrogen-bond acceptors (Lipinski definition) is 4. The summed E-state index contributed by atoms with van der Waals surface area (Å²) < 4.78 is 5.36. The number of nitrogens with zero attached hydrogens (tertiary/aromatic N) is 3. The van der Waals surface area contributed by atoms with Gasteiger partial charge in [0.1, 0.15) is 5.75 Å². The van der Waals surface area contributed by atoms with E-state index in [0.29, 0.717) is 19.5 Å². The fraction of sp³-hybridized carbons (Fsp3) is 0.636. The maximum Gasteiger partial charge on any atom is 0.225 e. The molecule has 0 saturated carbocycles. The Balaban J connectivity index is 1.83. The standard InChI is InChI=1S/C22H33N3O3/c1-5-24-15-22(12-20(24)26)14-23(9-10-25(16-22)21(27)17(2)3)13-18-7-6-8-19(11-18)28-4/h6-8,11,17H,5,9-10,12-16H2,1-4H3. The van der Waals surface area contributed by atoms with Crippen molar-refractivity contribution in [3.05, 3.63) is 29.8 Å². The molecule has 1 atom stereocenters. The van der Waals surface area contributed by atoms with E-state index >= 15 is 0 Å². The van der Waals surface area contributed by atoms with E-state index in [4.69, 9.17) is 4.74 Å². The summed E-state index contributed by atoms with van der Waals surface area (Å²) in [4.78, 5) is 31.6. The summed E-state index contributed by atoms with van der Waals surface area (Å²) in [5, 5.41) is 0. The van der Waals surface area contributed by atoms with Crippen molar-refractivity contribution in [3.63, 3.8) is 0 Å². The molecular weight excluding hydrogens is 354 g/mol. The van der Waals surface area contributed by atoms with Gasteiger partial charge >= 0.3 is 0 Å². The minimum Gasteiger partial charge on any atom is -0.497 e. The van der Waals surface area contributed by atoms with E-state index in [9.17, 15) is 9.59 Å². The van der Waals surface area contributed by atoms with Gasteiger partial charge in [-0.1, -0.05) is 26.0 Å². The largest absolute Gasteiger partial charge is 0.497 e. The van der Waals surface area contributed by atoms with Crippen molar-refractivity contribution < 1.29 is 14.3 Å². The maximum atomic E-state index is 12.8. The van der Waals surface area contributed by atoms with Crippen molar-refractivity contribution in [1.29, 1.82) is 0 Å². The molecule has 3 rings (SSSR count). The average Bonchev–Trinajstić information content (AvgIpc) is 2.87. The Morgan fingerprint density at radius 3 is 2.64 bits per heavy atom. The van der Waals surface area contributed by atoms with Gasteiger partial charge < -0.3 is 14.5 Å². The molecule has 1 aromatic carbocycles. The molecule has 0 aliphatic carbocycles.